The zero-order chi connectivity index (χ0) is 14.3. The van der Waals surface area contributed by atoms with Gasteiger partial charge in [0, 0.05) is 10.4 Å². The summed E-state index contributed by atoms with van der Waals surface area (Å²) in [5.41, 5.74) is 2.31. The van der Waals surface area contributed by atoms with Crippen LogP contribution >= 0.6 is 11.3 Å². The van der Waals surface area contributed by atoms with E-state index in [1.54, 1.807) is 0 Å². The summed E-state index contributed by atoms with van der Waals surface area (Å²) in [6.07, 6.45) is 0. The van der Waals surface area contributed by atoms with Crippen LogP contribution in [0.2, 0.25) is 0 Å². The molecule has 0 aliphatic carbocycles. The van der Waals surface area contributed by atoms with Crippen molar-refractivity contribution in [3.05, 3.63) is 45.6 Å². The van der Waals surface area contributed by atoms with Crippen LogP contribution in [0.4, 0.5) is 0 Å². The molecule has 0 spiro atoms. The van der Waals surface area contributed by atoms with E-state index in [2.05, 4.69) is 0 Å². The third-order valence-electron chi connectivity index (χ3n) is 3.24. The Bertz CT molecular complexity index is 773. The number of benzene rings is 1. The molecule has 0 unspecified atom stereocenters. The lowest BCUT2D eigenvalue weighted by Crippen LogP contribution is -2.03. The number of rotatable bonds is 2. The van der Waals surface area contributed by atoms with Gasteiger partial charge in [-0.25, -0.2) is 13.2 Å². The van der Waals surface area contributed by atoms with E-state index in [0.29, 0.717) is 10.4 Å². The largest absolute Gasteiger partial charge is 0.465 e. The van der Waals surface area contributed by atoms with E-state index >= 15 is 0 Å². The summed E-state index contributed by atoms with van der Waals surface area (Å²) in [4.78, 5) is 13.2. The van der Waals surface area contributed by atoms with Crippen molar-refractivity contribution in [2.24, 2.45) is 0 Å². The van der Waals surface area contributed by atoms with Gasteiger partial charge in [-0.3, -0.25) is 0 Å². The number of ether oxygens (including phenoxy) is 1. The Hall–Kier alpha value is -1.66. The zero-order valence-corrected chi connectivity index (χ0v) is 12.4. The summed E-state index contributed by atoms with van der Waals surface area (Å²) in [5, 5.41) is 0. The second kappa shape index (κ2) is 4.71. The lowest BCUT2D eigenvalue weighted by atomic mass is 10.0. The van der Waals surface area contributed by atoms with Gasteiger partial charge >= 0.3 is 5.97 Å². The van der Waals surface area contributed by atoms with Gasteiger partial charge in [0.15, 0.2) is 9.84 Å². The minimum Gasteiger partial charge on any atom is -0.465 e. The first kappa shape index (κ1) is 13.3. The van der Waals surface area contributed by atoms with Gasteiger partial charge in [-0.15, -0.1) is 11.3 Å². The van der Waals surface area contributed by atoms with E-state index in [4.69, 9.17) is 4.74 Å². The number of carbonyl (C=O) groups excluding carboxylic acids is 1. The van der Waals surface area contributed by atoms with Gasteiger partial charge in [-0.2, -0.15) is 0 Å². The molecule has 1 aliphatic heterocycles. The highest BCUT2D eigenvalue weighted by Gasteiger charge is 2.33. The fraction of sp³-hybridized carbons (Fsp3) is 0.214. The quantitative estimate of drug-likeness (QED) is 0.800. The Balaban J connectivity index is 2.24. The van der Waals surface area contributed by atoms with Crippen LogP contribution in [0.5, 0.6) is 0 Å². The summed E-state index contributed by atoms with van der Waals surface area (Å²) >= 11 is 1.22. The molecule has 0 N–H and O–H groups in total. The lowest BCUT2D eigenvalue weighted by Gasteiger charge is -2.05. The Morgan fingerprint density at radius 3 is 2.55 bits per heavy atom. The van der Waals surface area contributed by atoms with Crippen LogP contribution in [0.25, 0.3) is 11.1 Å². The molecule has 1 aliphatic rings. The van der Waals surface area contributed by atoms with Crippen molar-refractivity contribution < 1.29 is 17.9 Å². The van der Waals surface area contributed by atoms with Gasteiger partial charge in [0.2, 0.25) is 0 Å². The first-order valence-corrected chi connectivity index (χ1v) is 8.64. The van der Waals surface area contributed by atoms with E-state index in [1.807, 2.05) is 30.3 Å². The Morgan fingerprint density at radius 1 is 1.20 bits per heavy atom. The van der Waals surface area contributed by atoms with Crippen molar-refractivity contribution in [2.45, 2.75) is 11.5 Å². The number of esters is 1. The molecule has 3 rings (SSSR count). The summed E-state index contributed by atoms with van der Waals surface area (Å²) < 4.78 is 28.4. The molecule has 0 atom stereocenters. The highest BCUT2D eigenvalue weighted by Crippen LogP contribution is 2.42. The summed E-state index contributed by atoms with van der Waals surface area (Å²) in [7, 11) is -1.75. The molecule has 4 nitrogen and oxygen atoms in total. The molecule has 0 saturated heterocycles. The van der Waals surface area contributed by atoms with E-state index in [-0.39, 0.29) is 11.5 Å². The second-order valence-corrected chi connectivity index (χ2v) is 7.77. The number of thiophene rings is 1. The topological polar surface area (TPSA) is 60.4 Å². The van der Waals surface area contributed by atoms with Gasteiger partial charge < -0.3 is 4.74 Å². The third kappa shape index (κ3) is 2.14. The van der Waals surface area contributed by atoms with E-state index in [0.717, 1.165) is 16.0 Å². The van der Waals surface area contributed by atoms with Crippen LogP contribution in [0.3, 0.4) is 0 Å². The molecular formula is C14H12O4S2. The molecule has 2 aromatic rings. The third-order valence-corrected chi connectivity index (χ3v) is 6.09. The van der Waals surface area contributed by atoms with Crippen molar-refractivity contribution in [1.82, 2.24) is 0 Å². The number of sulfone groups is 1. The SMILES string of the molecule is COC(=O)c1sc2c(c1-c1ccccc1)CS(=O)(=O)C2. The number of fused-ring (bicyclic) bond motifs is 1. The maximum Gasteiger partial charge on any atom is 0.348 e. The van der Waals surface area contributed by atoms with Crippen LogP contribution in [-0.2, 0) is 26.1 Å². The predicted molar refractivity (Wildman–Crippen MR) is 77.4 cm³/mol. The van der Waals surface area contributed by atoms with Crippen molar-refractivity contribution in [1.29, 1.82) is 0 Å². The summed E-state index contributed by atoms with van der Waals surface area (Å²) in [6, 6.07) is 9.36. The van der Waals surface area contributed by atoms with Crippen LogP contribution in [0, 0.1) is 0 Å². The predicted octanol–water partition coefficient (Wildman–Crippen LogP) is 2.63. The average Bonchev–Trinajstić information content (AvgIpc) is 2.90. The van der Waals surface area contributed by atoms with Crippen LogP contribution in [-0.4, -0.2) is 21.5 Å². The Labute approximate surface area is 120 Å². The van der Waals surface area contributed by atoms with Crippen LogP contribution < -0.4 is 0 Å². The van der Waals surface area contributed by atoms with E-state index < -0.39 is 15.8 Å². The molecule has 0 fully saturated rings. The number of hydrogen-bond donors (Lipinski definition) is 0. The molecule has 0 saturated carbocycles. The first-order valence-electron chi connectivity index (χ1n) is 6.00. The minimum absolute atomic E-state index is 0.0000548. The van der Waals surface area contributed by atoms with Crippen molar-refractivity contribution in [2.75, 3.05) is 7.11 Å². The summed E-state index contributed by atoms with van der Waals surface area (Å²) in [6.45, 7) is 0. The van der Waals surface area contributed by atoms with Crippen LogP contribution in [0.15, 0.2) is 30.3 Å². The maximum absolute atomic E-state index is 11.9. The monoisotopic (exact) mass is 308 g/mol. The number of methoxy groups -OCH3 is 1. The molecule has 6 heteroatoms. The fourth-order valence-corrected chi connectivity index (χ4v) is 5.75. The Morgan fingerprint density at radius 2 is 1.90 bits per heavy atom. The molecule has 20 heavy (non-hydrogen) atoms. The zero-order valence-electron chi connectivity index (χ0n) is 10.8. The number of carbonyl (C=O) groups is 1. The lowest BCUT2D eigenvalue weighted by molar-refractivity contribution is 0.0607. The van der Waals surface area contributed by atoms with Gasteiger partial charge in [-0.1, -0.05) is 30.3 Å². The van der Waals surface area contributed by atoms with Crippen molar-refractivity contribution >= 4 is 27.1 Å². The smallest absolute Gasteiger partial charge is 0.348 e. The van der Waals surface area contributed by atoms with Gasteiger partial charge in [0.1, 0.15) is 4.88 Å². The fourth-order valence-electron chi connectivity index (χ4n) is 2.40. The van der Waals surface area contributed by atoms with Gasteiger partial charge in [0.05, 0.1) is 18.6 Å². The normalized spacial score (nSPS) is 15.8. The van der Waals surface area contributed by atoms with Gasteiger partial charge in [0.25, 0.3) is 0 Å². The summed E-state index contributed by atoms with van der Waals surface area (Å²) in [5.74, 6) is -0.398. The Kier molecular flexibility index (Phi) is 3.14. The maximum atomic E-state index is 11.9. The first-order chi connectivity index (χ1) is 9.52. The highest BCUT2D eigenvalue weighted by molar-refractivity contribution is 7.90. The molecule has 0 bridgehead atoms. The van der Waals surface area contributed by atoms with E-state index in [9.17, 15) is 13.2 Å². The van der Waals surface area contributed by atoms with Crippen molar-refractivity contribution in [3.8, 4) is 11.1 Å². The average molecular weight is 308 g/mol. The number of hydrogen-bond acceptors (Lipinski definition) is 5. The highest BCUT2D eigenvalue weighted by atomic mass is 32.2. The van der Waals surface area contributed by atoms with Crippen LogP contribution in [0.1, 0.15) is 20.1 Å². The van der Waals surface area contributed by atoms with Crippen molar-refractivity contribution in [3.63, 3.8) is 0 Å². The molecule has 1 aromatic carbocycles. The minimum atomic E-state index is -3.08. The molecular weight excluding hydrogens is 296 g/mol. The van der Waals surface area contributed by atoms with E-state index in [1.165, 1.54) is 18.4 Å². The molecule has 1 aromatic heterocycles. The molecule has 104 valence electrons. The second-order valence-electron chi connectivity index (χ2n) is 4.60. The molecule has 0 amide bonds. The standard InChI is InChI=1S/C14H12O4S2/c1-18-14(15)13-12(9-5-3-2-4-6-9)10-7-20(16,17)8-11(10)19-13/h2-6H,7-8H2,1H3. The molecule has 2 heterocycles. The molecule has 0 radical (unpaired) electrons. The van der Waals surface area contributed by atoms with Gasteiger partial charge in [-0.05, 0) is 11.1 Å².